The molecule has 0 radical (unpaired) electrons. The Labute approximate surface area is 97.1 Å². The molecule has 0 aromatic heterocycles. The van der Waals surface area contributed by atoms with Gasteiger partial charge in [-0.3, -0.25) is 0 Å². The summed E-state index contributed by atoms with van der Waals surface area (Å²) < 4.78 is 0. The van der Waals surface area contributed by atoms with E-state index in [0.29, 0.717) is 12.5 Å². The highest BCUT2D eigenvalue weighted by molar-refractivity contribution is 5.66. The van der Waals surface area contributed by atoms with Gasteiger partial charge in [0.15, 0.2) is 0 Å². The van der Waals surface area contributed by atoms with E-state index in [-0.39, 0.29) is 11.5 Å². The molecule has 1 saturated carbocycles. The minimum absolute atomic E-state index is 0.0138. The number of piperidine rings is 1. The Bertz CT molecular complexity index is 329. The molecule has 1 N–H and O–H groups in total. The van der Waals surface area contributed by atoms with E-state index < -0.39 is 6.09 Å². The summed E-state index contributed by atoms with van der Waals surface area (Å²) in [6.07, 6.45) is 1.39. The lowest BCUT2D eigenvalue weighted by Gasteiger charge is -2.39. The largest absolute Gasteiger partial charge is 0.465 e. The van der Waals surface area contributed by atoms with Crippen LogP contribution in [0.15, 0.2) is 12.2 Å². The summed E-state index contributed by atoms with van der Waals surface area (Å²) >= 11 is 0. The molecular weight excluding hydrogens is 202 g/mol. The van der Waals surface area contributed by atoms with Gasteiger partial charge in [0, 0.05) is 6.54 Å². The van der Waals surface area contributed by atoms with Gasteiger partial charge in [-0.25, -0.2) is 4.79 Å². The van der Waals surface area contributed by atoms with Gasteiger partial charge >= 0.3 is 6.09 Å². The van der Waals surface area contributed by atoms with Gasteiger partial charge in [-0.05, 0) is 35.7 Å². The molecule has 1 aliphatic heterocycles. The van der Waals surface area contributed by atoms with Crippen molar-refractivity contribution in [1.29, 1.82) is 0 Å². The molecule has 0 spiro atoms. The second kappa shape index (κ2) is 3.51. The number of hydrogen-bond donors (Lipinski definition) is 1. The topological polar surface area (TPSA) is 40.5 Å². The zero-order valence-electron chi connectivity index (χ0n) is 10.4. The van der Waals surface area contributed by atoms with Crippen LogP contribution in [0.1, 0.15) is 33.6 Å². The number of amides is 1. The zero-order chi connectivity index (χ0) is 12.1. The van der Waals surface area contributed by atoms with Crippen LogP contribution in [0.4, 0.5) is 4.79 Å². The van der Waals surface area contributed by atoms with Crippen LogP contribution in [0.5, 0.6) is 0 Å². The van der Waals surface area contributed by atoms with E-state index in [1.165, 1.54) is 6.42 Å². The zero-order valence-corrected chi connectivity index (χ0v) is 10.4. The summed E-state index contributed by atoms with van der Waals surface area (Å²) in [7, 11) is 0. The van der Waals surface area contributed by atoms with Crippen molar-refractivity contribution in [3.05, 3.63) is 12.2 Å². The van der Waals surface area contributed by atoms with Crippen molar-refractivity contribution in [2.45, 2.75) is 39.7 Å². The van der Waals surface area contributed by atoms with Crippen LogP contribution in [-0.4, -0.2) is 28.7 Å². The van der Waals surface area contributed by atoms with Gasteiger partial charge in [0.1, 0.15) is 0 Å². The molecule has 0 unspecified atom stereocenters. The second-order valence-corrected chi connectivity index (χ2v) is 6.22. The van der Waals surface area contributed by atoms with Crippen molar-refractivity contribution in [2.75, 3.05) is 6.54 Å². The highest BCUT2D eigenvalue weighted by atomic mass is 16.4. The van der Waals surface area contributed by atoms with E-state index in [0.717, 1.165) is 17.9 Å². The van der Waals surface area contributed by atoms with E-state index >= 15 is 0 Å². The Morgan fingerprint density at radius 3 is 2.44 bits per heavy atom. The maximum atomic E-state index is 11.2. The van der Waals surface area contributed by atoms with Crippen molar-refractivity contribution in [3.8, 4) is 0 Å². The van der Waals surface area contributed by atoms with Gasteiger partial charge in [0.05, 0.1) is 6.04 Å². The van der Waals surface area contributed by atoms with Crippen molar-refractivity contribution >= 4 is 6.09 Å². The molecule has 1 aliphatic carbocycles. The van der Waals surface area contributed by atoms with Crippen molar-refractivity contribution in [3.63, 3.8) is 0 Å². The number of carboxylic acid groups (broad SMARTS) is 1. The number of fused-ring (bicyclic) bond motifs is 1. The molecular formula is C13H21NO2. The van der Waals surface area contributed by atoms with Gasteiger partial charge in [-0.1, -0.05) is 27.4 Å². The van der Waals surface area contributed by atoms with Crippen molar-refractivity contribution in [2.24, 2.45) is 17.3 Å². The third-order valence-corrected chi connectivity index (χ3v) is 4.01. The summed E-state index contributed by atoms with van der Waals surface area (Å²) in [6.45, 7) is 11.2. The lowest BCUT2D eigenvalue weighted by Crippen LogP contribution is -2.46. The first-order valence-electron chi connectivity index (χ1n) is 5.99. The first-order chi connectivity index (χ1) is 7.30. The molecule has 0 aromatic carbocycles. The van der Waals surface area contributed by atoms with Crippen LogP contribution in [0, 0.1) is 17.3 Å². The van der Waals surface area contributed by atoms with Crippen LogP contribution in [0.25, 0.3) is 0 Å². The summed E-state index contributed by atoms with van der Waals surface area (Å²) in [6, 6.07) is 0.0289. The average Bonchev–Trinajstić information content (AvgIpc) is 2.90. The summed E-state index contributed by atoms with van der Waals surface area (Å²) in [4.78, 5) is 12.8. The van der Waals surface area contributed by atoms with Crippen LogP contribution in [0.2, 0.25) is 0 Å². The molecule has 3 nitrogen and oxygen atoms in total. The third-order valence-electron chi connectivity index (χ3n) is 4.01. The van der Waals surface area contributed by atoms with Gasteiger partial charge in [-0.2, -0.15) is 0 Å². The monoisotopic (exact) mass is 223 g/mol. The van der Waals surface area contributed by atoms with E-state index in [1.807, 2.05) is 0 Å². The molecule has 90 valence electrons. The average molecular weight is 223 g/mol. The smallest absolute Gasteiger partial charge is 0.407 e. The predicted molar refractivity (Wildman–Crippen MR) is 63.3 cm³/mol. The quantitative estimate of drug-likeness (QED) is 0.694. The number of carbonyl (C=O) groups is 1. The maximum Gasteiger partial charge on any atom is 0.407 e. The molecule has 1 heterocycles. The predicted octanol–water partition coefficient (Wildman–Crippen LogP) is 2.98. The third kappa shape index (κ3) is 1.95. The highest BCUT2D eigenvalue weighted by Crippen LogP contribution is 2.49. The first-order valence-corrected chi connectivity index (χ1v) is 5.99. The molecule has 0 aromatic rings. The Kier molecular flexibility index (Phi) is 2.52. The second-order valence-electron chi connectivity index (χ2n) is 6.22. The highest BCUT2D eigenvalue weighted by Gasteiger charge is 2.48. The van der Waals surface area contributed by atoms with E-state index in [2.05, 4.69) is 27.4 Å². The van der Waals surface area contributed by atoms with Crippen LogP contribution in [-0.2, 0) is 0 Å². The Hall–Kier alpha value is -0.990. The fourth-order valence-electron chi connectivity index (χ4n) is 2.66. The lowest BCUT2D eigenvalue weighted by molar-refractivity contribution is 0.108. The van der Waals surface area contributed by atoms with Gasteiger partial charge in [0.2, 0.25) is 0 Å². The number of likely N-dealkylation sites (tertiary alicyclic amines) is 1. The normalized spacial score (nSPS) is 33.2. The molecule has 16 heavy (non-hydrogen) atoms. The molecule has 2 aliphatic rings. The Balaban J connectivity index is 2.16. The van der Waals surface area contributed by atoms with Crippen molar-refractivity contribution in [1.82, 2.24) is 4.90 Å². The molecule has 0 bridgehead atoms. The van der Waals surface area contributed by atoms with Gasteiger partial charge in [-0.15, -0.1) is 0 Å². The number of hydrogen-bond acceptors (Lipinski definition) is 1. The van der Waals surface area contributed by atoms with Gasteiger partial charge in [0.25, 0.3) is 0 Å². The van der Waals surface area contributed by atoms with E-state index in [4.69, 9.17) is 0 Å². The number of nitrogens with zero attached hydrogens (tertiary/aromatic N) is 1. The molecule has 3 atom stereocenters. The maximum absolute atomic E-state index is 11.2. The molecule has 1 amide bonds. The Morgan fingerprint density at radius 1 is 1.31 bits per heavy atom. The fourth-order valence-corrected chi connectivity index (χ4v) is 2.66. The first kappa shape index (κ1) is 11.5. The van der Waals surface area contributed by atoms with Gasteiger partial charge < -0.3 is 10.0 Å². The molecule has 2 rings (SSSR count). The van der Waals surface area contributed by atoms with Crippen LogP contribution < -0.4 is 0 Å². The van der Waals surface area contributed by atoms with E-state index in [9.17, 15) is 9.90 Å². The molecule has 2 fully saturated rings. The number of rotatable bonds is 1. The summed E-state index contributed by atoms with van der Waals surface area (Å²) in [5, 5.41) is 9.24. The van der Waals surface area contributed by atoms with Crippen molar-refractivity contribution < 1.29 is 9.90 Å². The molecule has 1 saturated heterocycles. The summed E-state index contributed by atoms with van der Waals surface area (Å²) in [5.74, 6) is 1.37. The van der Waals surface area contributed by atoms with Crippen LogP contribution >= 0.6 is 0 Å². The lowest BCUT2D eigenvalue weighted by atomic mass is 9.80. The summed E-state index contributed by atoms with van der Waals surface area (Å²) in [5.41, 5.74) is 1.04. The fraction of sp³-hybridized carbons (Fsp3) is 0.769. The SMILES string of the molecule is C=C([C@@H]1C[C@H]2C[C@H]2CN1C(=O)O)C(C)(C)C. The van der Waals surface area contributed by atoms with E-state index in [1.54, 1.807) is 4.90 Å². The molecule has 3 heteroatoms. The minimum atomic E-state index is -0.791. The Morgan fingerprint density at radius 2 is 1.94 bits per heavy atom. The standard InChI is InChI=1S/C13H21NO2/c1-8(13(2,3)4)11-6-9-5-10(9)7-14(11)12(15)16/h9-11H,1,5-7H2,2-4H3,(H,15,16)/t9-,10+,11+/m1/s1. The minimum Gasteiger partial charge on any atom is -0.465 e. The van der Waals surface area contributed by atoms with Crippen LogP contribution in [0.3, 0.4) is 0 Å².